The zero-order valence-corrected chi connectivity index (χ0v) is 7.57. The highest BCUT2D eigenvalue weighted by Gasteiger charge is 2.46. The van der Waals surface area contributed by atoms with Gasteiger partial charge in [0, 0.05) is 23.3 Å². The number of carbonyl (C=O) groups is 2. The van der Waals surface area contributed by atoms with Crippen LogP contribution in [0.1, 0.15) is 20.7 Å². The van der Waals surface area contributed by atoms with Gasteiger partial charge < -0.3 is 0 Å². The second-order valence-corrected chi connectivity index (χ2v) is 3.66. The Labute approximate surface area is 76.2 Å². The summed E-state index contributed by atoms with van der Waals surface area (Å²) in [5, 5.41) is 0. The zero-order valence-electron chi connectivity index (χ0n) is 7.57. The molecule has 3 heteroatoms. The van der Waals surface area contributed by atoms with Crippen LogP contribution in [0, 0.1) is 0 Å². The predicted octanol–water partition coefficient (Wildman–Crippen LogP) is 1.52. The van der Waals surface area contributed by atoms with Crippen LogP contribution in [0.2, 0.25) is 0 Å². The highest BCUT2D eigenvalue weighted by atomic mass is 16.1. The van der Waals surface area contributed by atoms with Gasteiger partial charge in [-0.05, 0) is 0 Å². The molecule has 0 aliphatic carbocycles. The molecule has 0 atom stereocenters. The van der Waals surface area contributed by atoms with Gasteiger partial charge in [0.05, 0.1) is 14.1 Å². The number of carbonyl (C=O) groups excluding carboxylic acids is 2. The molecule has 1 aromatic rings. The fourth-order valence-corrected chi connectivity index (χ4v) is 1.60. The van der Waals surface area contributed by atoms with E-state index in [-0.39, 0.29) is 0 Å². The largest absolute Gasteiger partial charge is 0.298 e. The number of hydrogen-bond acceptors (Lipinski definition) is 2. The summed E-state index contributed by atoms with van der Waals surface area (Å²) in [6.45, 7) is 0. The van der Waals surface area contributed by atoms with E-state index in [4.69, 9.17) is 0 Å². The van der Waals surface area contributed by atoms with Crippen LogP contribution in [-0.4, -0.2) is 26.7 Å². The zero-order chi connectivity index (χ0) is 9.64. The number of fused-ring (bicyclic) bond motifs is 1. The SMILES string of the molecule is C[N+]1(C)c2cc(C=O)c(C=O)cc21. The van der Waals surface area contributed by atoms with Crippen molar-refractivity contribution in [2.45, 2.75) is 0 Å². The minimum absolute atomic E-state index is 0.484. The maximum absolute atomic E-state index is 10.6. The molecule has 0 saturated heterocycles. The second-order valence-electron chi connectivity index (χ2n) is 3.66. The molecule has 1 aliphatic rings. The summed E-state index contributed by atoms with van der Waals surface area (Å²) in [5.74, 6) is 0. The lowest BCUT2D eigenvalue weighted by atomic mass is 10.1. The smallest absolute Gasteiger partial charge is 0.200 e. The highest BCUT2D eigenvalue weighted by molar-refractivity contribution is 5.99. The number of benzene rings is 1. The molecule has 2 rings (SSSR count). The van der Waals surface area contributed by atoms with E-state index in [0.717, 1.165) is 23.9 Å². The molecule has 0 amide bonds. The Kier molecular flexibility index (Phi) is 1.42. The van der Waals surface area contributed by atoms with Gasteiger partial charge in [-0.2, -0.15) is 0 Å². The molecular weight excluding hydrogens is 166 g/mol. The lowest BCUT2D eigenvalue weighted by molar-refractivity contribution is 0.109. The van der Waals surface area contributed by atoms with Gasteiger partial charge in [0.15, 0.2) is 23.9 Å². The number of quaternary nitrogens is 1. The van der Waals surface area contributed by atoms with Crippen molar-refractivity contribution in [1.29, 1.82) is 0 Å². The molecule has 1 aromatic carbocycles. The third-order valence-corrected chi connectivity index (χ3v) is 2.59. The van der Waals surface area contributed by atoms with Crippen LogP contribution in [0.5, 0.6) is 0 Å². The van der Waals surface area contributed by atoms with Crippen molar-refractivity contribution in [3.63, 3.8) is 0 Å². The monoisotopic (exact) mass is 176 g/mol. The van der Waals surface area contributed by atoms with Crippen LogP contribution in [-0.2, 0) is 0 Å². The Morgan fingerprint density at radius 2 is 1.38 bits per heavy atom. The topological polar surface area (TPSA) is 34.1 Å². The fourth-order valence-electron chi connectivity index (χ4n) is 1.60. The van der Waals surface area contributed by atoms with E-state index < -0.39 is 0 Å². The van der Waals surface area contributed by atoms with E-state index in [1.807, 2.05) is 14.1 Å². The van der Waals surface area contributed by atoms with Gasteiger partial charge >= 0.3 is 0 Å². The van der Waals surface area contributed by atoms with Gasteiger partial charge in [0.25, 0.3) is 0 Å². The summed E-state index contributed by atoms with van der Waals surface area (Å²) in [7, 11) is 4.04. The minimum atomic E-state index is 0.484. The molecule has 0 fully saturated rings. The highest BCUT2D eigenvalue weighted by Crippen LogP contribution is 2.53. The maximum atomic E-state index is 10.6. The first-order chi connectivity index (χ1) is 6.11. The number of hydrogen-bond donors (Lipinski definition) is 0. The van der Waals surface area contributed by atoms with Gasteiger partial charge in [-0.25, -0.2) is 0 Å². The molecule has 0 aromatic heterocycles. The van der Waals surface area contributed by atoms with Crippen molar-refractivity contribution in [2.75, 3.05) is 14.1 Å². The molecule has 13 heavy (non-hydrogen) atoms. The summed E-state index contributed by atoms with van der Waals surface area (Å²) < 4.78 is 0.689. The minimum Gasteiger partial charge on any atom is -0.298 e. The van der Waals surface area contributed by atoms with E-state index in [0.29, 0.717) is 15.6 Å². The first kappa shape index (κ1) is 8.13. The van der Waals surface area contributed by atoms with Crippen LogP contribution < -0.4 is 4.48 Å². The molecule has 0 N–H and O–H groups in total. The first-order valence-electron chi connectivity index (χ1n) is 4.05. The molecular formula is C10H10NO2+. The van der Waals surface area contributed by atoms with E-state index in [1.165, 1.54) is 0 Å². The Morgan fingerprint density at radius 1 is 1.00 bits per heavy atom. The number of rotatable bonds is 2. The Balaban J connectivity index is 2.60. The molecule has 1 aliphatic heterocycles. The van der Waals surface area contributed by atoms with E-state index >= 15 is 0 Å². The fraction of sp³-hybridized carbons (Fsp3) is 0.200. The average molecular weight is 176 g/mol. The summed E-state index contributed by atoms with van der Waals surface area (Å²) in [4.78, 5) is 21.2. The van der Waals surface area contributed by atoms with Crippen LogP contribution in [0.15, 0.2) is 12.1 Å². The van der Waals surface area contributed by atoms with E-state index in [9.17, 15) is 9.59 Å². The average Bonchev–Trinajstić information content (AvgIpc) is 2.66. The lowest BCUT2D eigenvalue weighted by Gasteiger charge is -1.99. The Hall–Kier alpha value is -1.48. The molecule has 0 unspecified atom stereocenters. The van der Waals surface area contributed by atoms with Gasteiger partial charge in [0.2, 0.25) is 0 Å². The maximum Gasteiger partial charge on any atom is 0.200 e. The molecule has 3 nitrogen and oxygen atoms in total. The van der Waals surface area contributed by atoms with Gasteiger partial charge in [0.1, 0.15) is 0 Å². The third kappa shape index (κ3) is 0.939. The van der Waals surface area contributed by atoms with Gasteiger partial charge in [-0.3, -0.25) is 14.1 Å². The van der Waals surface area contributed by atoms with Crippen molar-refractivity contribution in [1.82, 2.24) is 4.48 Å². The molecule has 66 valence electrons. The standard InChI is InChI=1S/C10H10NO2/c1-11(2)9-3-7(5-12)8(6-13)4-10(9)11/h3-6H,1-2H3/q+1. The van der Waals surface area contributed by atoms with Crippen LogP contribution in [0.25, 0.3) is 0 Å². The molecule has 0 saturated carbocycles. The third-order valence-electron chi connectivity index (χ3n) is 2.59. The first-order valence-corrected chi connectivity index (χ1v) is 4.05. The Morgan fingerprint density at radius 3 is 1.69 bits per heavy atom. The van der Waals surface area contributed by atoms with Crippen LogP contribution in [0.3, 0.4) is 0 Å². The summed E-state index contributed by atoms with van der Waals surface area (Å²) >= 11 is 0. The quantitative estimate of drug-likeness (QED) is 0.389. The van der Waals surface area contributed by atoms with Gasteiger partial charge in [-0.15, -0.1) is 0 Å². The van der Waals surface area contributed by atoms with Crippen molar-refractivity contribution >= 4 is 23.9 Å². The Bertz CT molecular complexity index is 371. The lowest BCUT2D eigenvalue weighted by Crippen LogP contribution is -2.15. The van der Waals surface area contributed by atoms with Crippen LogP contribution in [0.4, 0.5) is 11.4 Å². The number of nitrogens with zero attached hydrogens (tertiary/aromatic N) is 1. The normalized spacial score (nSPS) is 16.2. The molecule has 1 heterocycles. The summed E-state index contributed by atoms with van der Waals surface area (Å²) in [6.07, 6.45) is 1.45. The molecule has 0 radical (unpaired) electrons. The van der Waals surface area contributed by atoms with Crippen LogP contribution >= 0.6 is 0 Å². The van der Waals surface area contributed by atoms with E-state index in [1.54, 1.807) is 12.1 Å². The van der Waals surface area contributed by atoms with Crippen molar-refractivity contribution in [3.8, 4) is 0 Å². The van der Waals surface area contributed by atoms with Crippen molar-refractivity contribution in [2.24, 2.45) is 0 Å². The van der Waals surface area contributed by atoms with E-state index in [2.05, 4.69) is 0 Å². The molecule has 0 bridgehead atoms. The second kappa shape index (κ2) is 2.26. The van der Waals surface area contributed by atoms with Gasteiger partial charge in [-0.1, -0.05) is 0 Å². The molecule has 0 spiro atoms. The van der Waals surface area contributed by atoms with Crippen molar-refractivity contribution < 1.29 is 9.59 Å². The number of aldehydes is 2. The van der Waals surface area contributed by atoms with Crippen molar-refractivity contribution in [3.05, 3.63) is 23.3 Å². The summed E-state index contributed by atoms with van der Waals surface area (Å²) in [5.41, 5.74) is 3.20. The predicted molar refractivity (Wildman–Crippen MR) is 50.5 cm³/mol. The summed E-state index contributed by atoms with van der Waals surface area (Å²) in [6, 6.07) is 3.57.